The van der Waals surface area contributed by atoms with Gasteiger partial charge < -0.3 is 10.6 Å². The molecule has 3 nitrogen and oxygen atoms in total. The Kier molecular flexibility index (Phi) is 7.77. The minimum Gasteiger partial charge on any atom is -0.352 e. The molecule has 2 fully saturated rings. The first kappa shape index (κ1) is 16.8. The van der Waals surface area contributed by atoms with Crippen molar-refractivity contribution < 1.29 is 4.79 Å². The third kappa shape index (κ3) is 5.31. The van der Waals surface area contributed by atoms with Crippen LogP contribution in [0.5, 0.6) is 0 Å². The summed E-state index contributed by atoms with van der Waals surface area (Å²) in [6.45, 7) is 4.15. The van der Waals surface area contributed by atoms with E-state index < -0.39 is 0 Å². The van der Waals surface area contributed by atoms with E-state index in [4.69, 9.17) is 0 Å². The van der Waals surface area contributed by atoms with Crippen molar-refractivity contribution in [2.75, 3.05) is 13.1 Å². The third-order valence-electron chi connectivity index (χ3n) is 4.61. The Bertz CT molecular complexity index is 261. The van der Waals surface area contributed by atoms with E-state index in [2.05, 4.69) is 17.6 Å². The molecule has 2 unspecified atom stereocenters. The maximum absolute atomic E-state index is 12.3. The molecular formula is C15H29ClN2O. The smallest absolute Gasteiger partial charge is 0.223 e. The van der Waals surface area contributed by atoms with E-state index in [0.29, 0.717) is 11.9 Å². The van der Waals surface area contributed by atoms with E-state index in [9.17, 15) is 4.79 Å². The summed E-state index contributed by atoms with van der Waals surface area (Å²) in [6, 6.07) is 0.373. The zero-order valence-electron chi connectivity index (χ0n) is 12.1. The van der Waals surface area contributed by atoms with Crippen molar-refractivity contribution in [2.45, 2.75) is 64.3 Å². The molecule has 1 amide bonds. The number of carbonyl (C=O) groups is 1. The van der Waals surface area contributed by atoms with Gasteiger partial charge in [0.05, 0.1) is 0 Å². The number of hydrogen-bond donors (Lipinski definition) is 2. The molecular weight excluding hydrogens is 260 g/mol. The highest BCUT2D eigenvalue weighted by atomic mass is 35.5. The fourth-order valence-corrected chi connectivity index (χ4v) is 3.38. The molecule has 2 N–H and O–H groups in total. The maximum Gasteiger partial charge on any atom is 0.223 e. The number of halogens is 1. The number of nitrogens with one attached hydrogen (secondary N) is 2. The van der Waals surface area contributed by atoms with Crippen LogP contribution in [-0.4, -0.2) is 25.0 Å². The monoisotopic (exact) mass is 288 g/mol. The lowest BCUT2D eigenvalue weighted by molar-refractivity contribution is -0.126. The first-order chi connectivity index (χ1) is 8.79. The molecule has 0 aromatic rings. The topological polar surface area (TPSA) is 41.1 Å². The van der Waals surface area contributed by atoms with Gasteiger partial charge in [0.1, 0.15) is 0 Å². The summed E-state index contributed by atoms with van der Waals surface area (Å²) in [5.74, 6) is 1.35. The van der Waals surface area contributed by atoms with Gasteiger partial charge in [0.15, 0.2) is 0 Å². The molecule has 0 aromatic heterocycles. The van der Waals surface area contributed by atoms with Gasteiger partial charge in [0.2, 0.25) is 5.91 Å². The van der Waals surface area contributed by atoms with E-state index in [1.54, 1.807) is 0 Å². The van der Waals surface area contributed by atoms with Crippen LogP contribution in [0.3, 0.4) is 0 Å². The zero-order valence-corrected chi connectivity index (χ0v) is 12.9. The van der Waals surface area contributed by atoms with Crippen LogP contribution in [0.4, 0.5) is 0 Å². The molecule has 0 bridgehead atoms. The summed E-state index contributed by atoms with van der Waals surface area (Å²) >= 11 is 0. The second kappa shape index (κ2) is 8.80. The van der Waals surface area contributed by atoms with Crippen LogP contribution < -0.4 is 10.6 Å². The van der Waals surface area contributed by atoms with Crippen molar-refractivity contribution in [3.63, 3.8) is 0 Å². The van der Waals surface area contributed by atoms with Crippen LogP contribution in [0.15, 0.2) is 0 Å². The van der Waals surface area contributed by atoms with Crippen molar-refractivity contribution in [1.82, 2.24) is 10.6 Å². The van der Waals surface area contributed by atoms with Crippen molar-refractivity contribution in [1.29, 1.82) is 0 Å². The van der Waals surface area contributed by atoms with E-state index in [1.165, 1.54) is 32.1 Å². The summed E-state index contributed by atoms with van der Waals surface area (Å²) in [7, 11) is 0. The summed E-state index contributed by atoms with van der Waals surface area (Å²) in [6.07, 6.45) is 10.0. The lowest BCUT2D eigenvalue weighted by atomic mass is 9.81. The largest absolute Gasteiger partial charge is 0.352 e. The summed E-state index contributed by atoms with van der Waals surface area (Å²) in [5.41, 5.74) is 0. The molecule has 4 heteroatoms. The van der Waals surface area contributed by atoms with Crippen LogP contribution in [0.25, 0.3) is 0 Å². The standard InChI is InChI=1S/C15H28N2O.ClH/c1-2-13(10-12-6-4-3-5-7-12)15(18)17-14-8-9-16-11-14;/h12-14,16H,2-11H2,1H3,(H,17,18);1H. The SMILES string of the molecule is CCC(CC1CCCCC1)C(=O)NC1CCNC1.Cl. The molecule has 19 heavy (non-hydrogen) atoms. The van der Waals surface area contributed by atoms with Crippen molar-refractivity contribution in [3.8, 4) is 0 Å². The Morgan fingerprint density at radius 1 is 1.26 bits per heavy atom. The number of rotatable bonds is 5. The van der Waals surface area contributed by atoms with Gasteiger partial charge in [0, 0.05) is 18.5 Å². The molecule has 1 aliphatic heterocycles. The third-order valence-corrected chi connectivity index (χ3v) is 4.61. The van der Waals surface area contributed by atoms with Crippen molar-refractivity contribution in [2.24, 2.45) is 11.8 Å². The number of carbonyl (C=O) groups excluding carboxylic acids is 1. The highest BCUT2D eigenvalue weighted by Crippen LogP contribution is 2.30. The average Bonchev–Trinajstić information content (AvgIpc) is 2.90. The second-order valence-electron chi connectivity index (χ2n) is 6.04. The van der Waals surface area contributed by atoms with Gasteiger partial charge in [-0.25, -0.2) is 0 Å². The fraction of sp³-hybridized carbons (Fsp3) is 0.933. The van der Waals surface area contributed by atoms with Crippen LogP contribution >= 0.6 is 12.4 Å². The quantitative estimate of drug-likeness (QED) is 0.817. The molecule has 112 valence electrons. The summed E-state index contributed by atoms with van der Waals surface area (Å²) in [4.78, 5) is 12.3. The molecule has 2 aliphatic rings. The highest BCUT2D eigenvalue weighted by molar-refractivity contribution is 5.85. The molecule has 1 saturated carbocycles. The van der Waals surface area contributed by atoms with Crippen LogP contribution in [-0.2, 0) is 4.79 Å². The first-order valence-electron chi connectivity index (χ1n) is 7.80. The van der Waals surface area contributed by atoms with E-state index >= 15 is 0 Å². The Labute approximate surface area is 123 Å². The first-order valence-corrected chi connectivity index (χ1v) is 7.80. The molecule has 0 spiro atoms. The van der Waals surface area contributed by atoms with Crippen molar-refractivity contribution >= 4 is 18.3 Å². The predicted molar refractivity (Wildman–Crippen MR) is 81.6 cm³/mol. The number of amides is 1. The van der Waals surface area contributed by atoms with Crippen molar-refractivity contribution in [3.05, 3.63) is 0 Å². The normalized spacial score (nSPS) is 25.6. The lowest BCUT2D eigenvalue weighted by Crippen LogP contribution is -2.40. The van der Waals surface area contributed by atoms with Gasteiger partial charge in [-0.15, -0.1) is 12.4 Å². The second-order valence-corrected chi connectivity index (χ2v) is 6.04. The Morgan fingerprint density at radius 3 is 2.58 bits per heavy atom. The summed E-state index contributed by atoms with van der Waals surface area (Å²) in [5, 5.41) is 6.52. The minimum atomic E-state index is 0. The lowest BCUT2D eigenvalue weighted by Gasteiger charge is -2.26. The van der Waals surface area contributed by atoms with Crippen LogP contribution in [0.2, 0.25) is 0 Å². The van der Waals surface area contributed by atoms with Gasteiger partial charge in [-0.2, -0.15) is 0 Å². The molecule has 2 rings (SSSR count). The predicted octanol–water partition coefficient (Wildman–Crippen LogP) is 2.88. The van der Waals surface area contributed by atoms with Gasteiger partial charge >= 0.3 is 0 Å². The summed E-state index contributed by atoms with van der Waals surface area (Å²) < 4.78 is 0. The van der Waals surface area contributed by atoms with Crippen LogP contribution in [0, 0.1) is 11.8 Å². The van der Waals surface area contributed by atoms with E-state index in [-0.39, 0.29) is 18.3 Å². The minimum absolute atomic E-state index is 0. The molecule has 1 aliphatic carbocycles. The van der Waals surface area contributed by atoms with Gasteiger partial charge in [-0.05, 0) is 31.7 Å². The average molecular weight is 289 g/mol. The van der Waals surface area contributed by atoms with Gasteiger partial charge in [-0.3, -0.25) is 4.79 Å². The molecule has 0 radical (unpaired) electrons. The van der Waals surface area contributed by atoms with E-state index in [1.807, 2.05) is 0 Å². The maximum atomic E-state index is 12.3. The Hall–Kier alpha value is -0.280. The molecule has 1 heterocycles. The molecule has 1 saturated heterocycles. The highest BCUT2D eigenvalue weighted by Gasteiger charge is 2.25. The fourth-order valence-electron chi connectivity index (χ4n) is 3.38. The van der Waals surface area contributed by atoms with Gasteiger partial charge in [0.25, 0.3) is 0 Å². The number of hydrogen-bond acceptors (Lipinski definition) is 2. The van der Waals surface area contributed by atoms with Gasteiger partial charge in [-0.1, -0.05) is 39.0 Å². The van der Waals surface area contributed by atoms with E-state index in [0.717, 1.165) is 38.3 Å². The molecule has 2 atom stereocenters. The molecule has 0 aromatic carbocycles. The van der Waals surface area contributed by atoms with Crippen LogP contribution in [0.1, 0.15) is 58.3 Å². The Morgan fingerprint density at radius 2 is 2.00 bits per heavy atom. The zero-order chi connectivity index (χ0) is 12.8. The Balaban J connectivity index is 0.00000180.